The second-order valence-electron chi connectivity index (χ2n) is 4.31. The number of aryl methyl sites for hydroxylation is 1. The van der Waals surface area contributed by atoms with Crippen LogP contribution in [0.2, 0.25) is 0 Å². The summed E-state index contributed by atoms with van der Waals surface area (Å²) in [7, 11) is 0. The highest BCUT2D eigenvalue weighted by molar-refractivity contribution is 5.76. The molecule has 1 unspecified atom stereocenters. The first-order chi connectivity index (χ1) is 7.77. The normalized spacial score (nSPS) is 20.7. The Balaban J connectivity index is 2.29. The fourth-order valence-corrected chi connectivity index (χ4v) is 2.45. The van der Waals surface area contributed by atoms with Gasteiger partial charge >= 0.3 is 5.76 Å². The molecular weight excluding hydrogens is 204 g/mol. The summed E-state index contributed by atoms with van der Waals surface area (Å²) in [5.74, 6) is -0.238. The molecule has 0 radical (unpaired) electrons. The Morgan fingerprint density at radius 3 is 3.12 bits per heavy atom. The minimum Gasteiger partial charge on any atom is -0.408 e. The number of aromatic nitrogens is 1. The molecule has 1 atom stereocenters. The molecule has 84 valence electrons. The molecule has 2 aromatic rings. The van der Waals surface area contributed by atoms with Gasteiger partial charge in [-0.15, -0.1) is 0 Å². The van der Waals surface area contributed by atoms with E-state index >= 15 is 0 Å². The molecule has 1 aromatic carbocycles. The molecule has 0 aliphatic carbocycles. The first kappa shape index (κ1) is 9.66. The highest BCUT2D eigenvalue weighted by atomic mass is 16.4. The largest absolute Gasteiger partial charge is 0.420 e. The van der Waals surface area contributed by atoms with Crippen molar-refractivity contribution in [2.45, 2.75) is 19.4 Å². The van der Waals surface area contributed by atoms with Crippen LogP contribution in [0.3, 0.4) is 0 Å². The average Bonchev–Trinajstić information content (AvgIpc) is 2.84. The smallest absolute Gasteiger partial charge is 0.408 e. The molecule has 16 heavy (non-hydrogen) atoms. The lowest BCUT2D eigenvalue weighted by Crippen LogP contribution is -2.22. The van der Waals surface area contributed by atoms with Crippen LogP contribution in [0.4, 0.5) is 0 Å². The Morgan fingerprint density at radius 1 is 1.50 bits per heavy atom. The second-order valence-corrected chi connectivity index (χ2v) is 4.31. The van der Waals surface area contributed by atoms with E-state index in [-0.39, 0.29) is 11.8 Å². The number of nitrogens with one attached hydrogen (secondary N) is 1. The minimum atomic E-state index is -0.238. The van der Waals surface area contributed by atoms with Crippen molar-refractivity contribution in [1.29, 1.82) is 0 Å². The van der Waals surface area contributed by atoms with Crippen molar-refractivity contribution in [3.8, 4) is 0 Å². The van der Waals surface area contributed by atoms with Crippen LogP contribution >= 0.6 is 0 Å². The van der Waals surface area contributed by atoms with Gasteiger partial charge in [0.2, 0.25) is 0 Å². The summed E-state index contributed by atoms with van der Waals surface area (Å²) in [4.78, 5) is 11.8. The van der Waals surface area contributed by atoms with Crippen molar-refractivity contribution in [3.63, 3.8) is 0 Å². The van der Waals surface area contributed by atoms with Crippen molar-refractivity contribution < 1.29 is 4.42 Å². The summed E-state index contributed by atoms with van der Waals surface area (Å²) in [6.45, 7) is 3.83. The molecule has 1 aliphatic rings. The molecule has 1 aromatic heterocycles. The number of para-hydroxylation sites is 1. The average molecular weight is 218 g/mol. The predicted octanol–water partition coefficient (Wildman–Crippen LogP) is 1.44. The lowest BCUT2D eigenvalue weighted by atomic mass is 10.2. The van der Waals surface area contributed by atoms with E-state index in [1.807, 2.05) is 25.1 Å². The fourth-order valence-electron chi connectivity index (χ4n) is 2.45. The van der Waals surface area contributed by atoms with E-state index in [1.54, 1.807) is 4.57 Å². The van der Waals surface area contributed by atoms with Crippen LogP contribution in [0.25, 0.3) is 11.1 Å². The van der Waals surface area contributed by atoms with Gasteiger partial charge in [-0.1, -0.05) is 12.1 Å². The molecule has 1 aliphatic heterocycles. The fraction of sp³-hybridized carbons (Fsp3) is 0.417. The highest BCUT2D eigenvalue weighted by Crippen LogP contribution is 2.23. The van der Waals surface area contributed by atoms with Gasteiger partial charge in [-0.25, -0.2) is 4.79 Å². The lowest BCUT2D eigenvalue weighted by Gasteiger charge is -2.10. The van der Waals surface area contributed by atoms with Crippen LogP contribution in [0, 0.1) is 6.92 Å². The minimum absolute atomic E-state index is 0.231. The summed E-state index contributed by atoms with van der Waals surface area (Å²) in [6, 6.07) is 6.01. The maximum atomic E-state index is 11.8. The molecule has 1 fully saturated rings. The summed E-state index contributed by atoms with van der Waals surface area (Å²) in [5.41, 5.74) is 2.73. The number of hydrogen-bond acceptors (Lipinski definition) is 3. The van der Waals surface area contributed by atoms with Gasteiger partial charge in [-0.3, -0.25) is 4.57 Å². The van der Waals surface area contributed by atoms with Gasteiger partial charge in [0.15, 0.2) is 5.58 Å². The number of rotatable bonds is 1. The van der Waals surface area contributed by atoms with E-state index in [0.29, 0.717) is 5.58 Å². The summed E-state index contributed by atoms with van der Waals surface area (Å²) in [6.07, 6.45) is 0.989. The van der Waals surface area contributed by atoms with Gasteiger partial charge in [-0.2, -0.15) is 0 Å². The van der Waals surface area contributed by atoms with Gasteiger partial charge in [0, 0.05) is 6.54 Å². The van der Waals surface area contributed by atoms with Gasteiger partial charge < -0.3 is 9.73 Å². The summed E-state index contributed by atoms with van der Waals surface area (Å²) >= 11 is 0. The Labute approximate surface area is 92.9 Å². The maximum absolute atomic E-state index is 11.8. The molecule has 0 bridgehead atoms. The van der Waals surface area contributed by atoms with Gasteiger partial charge in [0.05, 0.1) is 11.6 Å². The molecule has 0 saturated carbocycles. The molecule has 4 heteroatoms. The number of hydrogen-bond donors (Lipinski definition) is 1. The molecule has 0 amide bonds. The van der Waals surface area contributed by atoms with E-state index in [9.17, 15) is 4.79 Å². The van der Waals surface area contributed by atoms with Crippen molar-refractivity contribution in [2.24, 2.45) is 0 Å². The second kappa shape index (κ2) is 3.49. The van der Waals surface area contributed by atoms with Crippen LogP contribution < -0.4 is 11.1 Å². The van der Waals surface area contributed by atoms with Crippen molar-refractivity contribution in [3.05, 3.63) is 34.3 Å². The van der Waals surface area contributed by atoms with E-state index in [2.05, 4.69) is 5.32 Å². The predicted molar refractivity (Wildman–Crippen MR) is 61.7 cm³/mol. The Morgan fingerprint density at radius 2 is 2.38 bits per heavy atom. The summed E-state index contributed by atoms with van der Waals surface area (Å²) in [5, 5.41) is 3.27. The zero-order valence-electron chi connectivity index (χ0n) is 9.19. The lowest BCUT2D eigenvalue weighted by molar-refractivity contribution is 0.459. The SMILES string of the molecule is Cc1cccc2oc(=O)n(C3CCNC3)c12. The van der Waals surface area contributed by atoms with Gasteiger partial charge in [0.1, 0.15) is 0 Å². The van der Waals surface area contributed by atoms with Gasteiger partial charge in [-0.05, 0) is 31.5 Å². The van der Waals surface area contributed by atoms with E-state index in [0.717, 1.165) is 30.6 Å². The van der Waals surface area contributed by atoms with E-state index in [4.69, 9.17) is 4.42 Å². The maximum Gasteiger partial charge on any atom is 0.420 e. The quantitative estimate of drug-likeness (QED) is 0.787. The molecule has 4 nitrogen and oxygen atoms in total. The molecular formula is C12H14N2O2. The third-order valence-corrected chi connectivity index (χ3v) is 3.24. The van der Waals surface area contributed by atoms with Crippen LogP contribution in [0.1, 0.15) is 18.0 Å². The molecule has 1 saturated heterocycles. The Kier molecular flexibility index (Phi) is 2.11. The number of benzene rings is 1. The van der Waals surface area contributed by atoms with Crippen LogP contribution in [0.5, 0.6) is 0 Å². The standard InChI is InChI=1S/C12H14N2O2/c1-8-3-2-4-10-11(8)14(12(15)16-10)9-5-6-13-7-9/h2-4,9,13H,5-7H2,1H3. The molecule has 2 heterocycles. The van der Waals surface area contributed by atoms with Gasteiger partial charge in [0.25, 0.3) is 0 Å². The van der Waals surface area contributed by atoms with E-state index in [1.165, 1.54) is 0 Å². The number of nitrogens with zero attached hydrogens (tertiary/aromatic N) is 1. The van der Waals surface area contributed by atoms with Crippen LogP contribution in [-0.4, -0.2) is 17.7 Å². The van der Waals surface area contributed by atoms with Crippen LogP contribution in [0.15, 0.2) is 27.4 Å². The third-order valence-electron chi connectivity index (χ3n) is 3.24. The third kappa shape index (κ3) is 1.30. The highest BCUT2D eigenvalue weighted by Gasteiger charge is 2.22. The number of fused-ring (bicyclic) bond motifs is 1. The molecule has 3 rings (SSSR count). The topological polar surface area (TPSA) is 47.2 Å². The van der Waals surface area contributed by atoms with Crippen molar-refractivity contribution in [2.75, 3.05) is 13.1 Å². The van der Waals surface area contributed by atoms with Crippen molar-refractivity contribution >= 4 is 11.1 Å². The molecule has 1 N–H and O–H groups in total. The Bertz CT molecular complexity index is 576. The first-order valence-corrected chi connectivity index (χ1v) is 5.59. The van der Waals surface area contributed by atoms with Crippen molar-refractivity contribution in [1.82, 2.24) is 9.88 Å². The summed E-state index contributed by atoms with van der Waals surface area (Å²) < 4.78 is 7.07. The zero-order chi connectivity index (χ0) is 11.1. The number of oxazole rings is 1. The zero-order valence-corrected chi connectivity index (χ0v) is 9.19. The Hall–Kier alpha value is -1.55. The molecule has 0 spiro atoms. The first-order valence-electron chi connectivity index (χ1n) is 5.59. The van der Waals surface area contributed by atoms with E-state index < -0.39 is 0 Å². The monoisotopic (exact) mass is 218 g/mol. The van der Waals surface area contributed by atoms with Crippen LogP contribution in [-0.2, 0) is 0 Å².